The summed E-state index contributed by atoms with van der Waals surface area (Å²) in [4.78, 5) is 1.42. The van der Waals surface area contributed by atoms with E-state index in [1.54, 1.807) is 0 Å². The molecule has 0 aliphatic heterocycles. The van der Waals surface area contributed by atoms with Crippen LogP contribution in [0.25, 0.3) is 0 Å². The molecule has 0 N–H and O–H groups in total. The SMILES string of the molecule is CC(C)(C)SC1=CCC=C1. The van der Waals surface area contributed by atoms with E-state index in [-0.39, 0.29) is 0 Å². The van der Waals surface area contributed by atoms with Crippen molar-refractivity contribution in [2.75, 3.05) is 0 Å². The molecule has 0 spiro atoms. The zero-order chi connectivity index (χ0) is 7.61. The Morgan fingerprint density at radius 3 is 2.50 bits per heavy atom. The Balaban J connectivity index is 2.46. The molecule has 0 fully saturated rings. The van der Waals surface area contributed by atoms with Gasteiger partial charge in [0.2, 0.25) is 0 Å². The maximum atomic E-state index is 2.27. The first-order chi connectivity index (χ1) is 4.58. The topological polar surface area (TPSA) is 0 Å². The Kier molecular flexibility index (Phi) is 2.24. The van der Waals surface area contributed by atoms with E-state index in [0.717, 1.165) is 6.42 Å². The van der Waals surface area contributed by atoms with Crippen molar-refractivity contribution in [1.29, 1.82) is 0 Å². The maximum Gasteiger partial charge on any atom is 0.0122 e. The van der Waals surface area contributed by atoms with Crippen molar-refractivity contribution in [3.05, 3.63) is 23.1 Å². The van der Waals surface area contributed by atoms with Crippen LogP contribution in [0.1, 0.15) is 27.2 Å². The van der Waals surface area contributed by atoms with E-state index in [2.05, 4.69) is 39.0 Å². The molecule has 0 aromatic heterocycles. The van der Waals surface area contributed by atoms with Crippen LogP contribution in [0, 0.1) is 0 Å². The van der Waals surface area contributed by atoms with Crippen LogP contribution >= 0.6 is 11.8 Å². The molecule has 10 heavy (non-hydrogen) atoms. The summed E-state index contributed by atoms with van der Waals surface area (Å²) in [6.45, 7) is 6.72. The van der Waals surface area contributed by atoms with Crippen molar-refractivity contribution >= 4 is 11.8 Å². The van der Waals surface area contributed by atoms with Crippen molar-refractivity contribution in [2.45, 2.75) is 31.9 Å². The van der Waals surface area contributed by atoms with Crippen LogP contribution in [0.2, 0.25) is 0 Å². The Bertz CT molecular complexity index is 170. The summed E-state index contributed by atoms with van der Waals surface area (Å²) in [7, 11) is 0. The quantitative estimate of drug-likeness (QED) is 0.558. The summed E-state index contributed by atoms with van der Waals surface area (Å²) in [5, 5.41) is 0. The molecule has 1 aliphatic carbocycles. The maximum absolute atomic E-state index is 2.27. The van der Waals surface area contributed by atoms with E-state index in [1.165, 1.54) is 4.91 Å². The molecule has 0 saturated carbocycles. The molecule has 0 atom stereocenters. The zero-order valence-electron chi connectivity index (χ0n) is 6.85. The van der Waals surface area contributed by atoms with E-state index in [0.29, 0.717) is 4.75 Å². The van der Waals surface area contributed by atoms with Gasteiger partial charge in [-0.05, 0) is 6.42 Å². The number of thioether (sulfide) groups is 1. The van der Waals surface area contributed by atoms with Crippen molar-refractivity contribution in [3.63, 3.8) is 0 Å². The van der Waals surface area contributed by atoms with E-state index in [4.69, 9.17) is 0 Å². The highest BCUT2D eigenvalue weighted by Crippen LogP contribution is 2.33. The largest absolute Gasteiger partial charge is 0.121 e. The van der Waals surface area contributed by atoms with Gasteiger partial charge in [0.1, 0.15) is 0 Å². The van der Waals surface area contributed by atoms with Gasteiger partial charge in [0.15, 0.2) is 0 Å². The Morgan fingerprint density at radius 1 is 1.40 bits per heavy atom. The van der Waals surface area contributed by atoms with Crippen molar-refractivity contribution in [2.24, 2.45) is 0 Å². The lowest BCUT2D eigenvalue weighted by atomic mass is 10.3. The average Bonchev–Trinajstić information content (AvgIpc) is 2.12. The standard InChI is InChI=1S/C9H14S/c1-9(2,3)10-8-6-4-5-7-8/h4,6-7H,5H2,1-3H3. The first-order valence-electron chi connectivity index (χ1n) is 3.64. The van der Waals surface area contributed by atoms with Crippen molar-refractivity contribution in [1.82, 2.24) is 0 Å². The van der Waals surface area contributed by atoms with Gasteiger partial charge in [0.05, 0.1) is 0 Å². The Labute approximate surface area is 67.4 Å². The van der Waals surface area contributed by atoms with E-state index < -0.39 is 0 Å². The molecule has 0 aromatic rings. The van der Waals surface area contributed by atoms with Gasteiger partial charge < -0.3 is 0 Å². The highest BCUT2D eigenvalue weighted by molar-refractivity contribution is 8.04. The van der Waals surface area contributed by atoms with Crippen LogP contribution in [0.5, 0.6) is 0 Å². The third-order valence-electron chi connectivity index (χ3n) is 1.16. The minimum absolute atomic E-state index is 0.362. The van der Waals surface area contributed by atoms with Crippen LogP contribution in [-0.4, -0.2) is 4.75 Å². The smallest absolute Gasteiger partial charge is 0.0122 e. The summed E-state index contributed by atoms with van der Waals surface area (Å²) >= 11 is 1.94. The van der Waals surface area contributed by atoms with Gasteiger partial charge in [-0.25, -0.2) is 0 Å². The van der Waals surface area contributed by atoms with Gasteiger partial charge in [-0.1, -0.05) is 39.0 Å². The minimum Gasteiger partial charge on any atom is -0.121 e. The number of hydrogen-bond donors (Lipinski definition) is 0. The second kappa shape index (κ2) is 2.83. The fourth-order valence-electron chi connectivity index (χ4n) is 0.866. The molecular formula is C9H14S. The van der Waals surface area contributed by atoms with Gasteiger partial charge in [-0.2, -0.15) is 0 Å². The molecule has 0 saturated heterocycles. The molecule has 1 aliphatic rings. The second-order valence-corrected chi connectivity index (χ2v) is 5.36. The molecule has 0 aromatic carbocycles. The van der Waals surface area contributed by atoms with Gasteiger partial charge in [-0.15, -0.1) is 11.8 Å². The third kappa shape index (κ3) is 2.61. The first-order valence-corrected chi connectivity index (χ1v) is 4.45. The molecule has 0 unspecified atom stereocenters. The molecule has 0 radical (unpaired) electrons. The molecular weight excluding hydrogens is 140 g/mol. The zero-order valence-corrected chi connectivity index (χ0v) is 7.66. The van der Waals surface area contributed by atoms with Crippen LogP contribution in [0.15, 0.2) is 23.1 Å². The second-order valence-electron chi connectivity index (χ2n) is 3.46. The normalized spacial score (nSPS) is 17.7. The van der Waals surface area contributed by atoms with E-state index in [1.807, 2.05) is 11.8 Å². The summed E-state index contributed by atoms with van der Waals surface area (Å²) in [6, 6.07) is 0. The van der Waals surface area contributed by atoms with Crippen molar-refractivity contribution in [3.8, 4) is 0 Å². The lowest BCUT2D eigenvalue weighted by Gasteiger charge is -2.16. The highest BCUT2D eigenvalue weighted by atomic mass is 32.2. The molecule has 0 nitrogen and oxygen atoms in total. The molecule has 1 rings (SSSR count). The summed E-state index contributed by atoms with van der Waals surface area (Å²) in [6.07, 6.45) is 7.80. The molecule has 1 heteroatoms. The molecule has 0 heterocycles. The monoisotopic (exact) mass is 154 g/mol. The molecule has 0 bridgehead atoms. The van der Waals surface area contributed by atoms with Crippen LogP contribution < -0.4 is 0 Å². The predicted molar refractivity (Wildman–Crippen MR) is 49.2 cm³/mol. The lowest BCUT2D eigenvalue weighted by molar-refractivity contribution is 0.807. The van der Waals surface area contributed by atoms with Gasteiger partial charge in [0.25, 0.3) is 0 Å². The van der Waals surface area contributed by atoms with E-state index in [9.17, 15) is 0 Å². The van der Waals surface area contributed by atoms with Gasteiger partial charge >= 0.3 is 0 Å². The average molecular weight is 154 g/mol. The fourth-order valence-corrected chi connectivity index (χ4v) is 1.92. The molecule has 0 amide bonds. The highest BCUT2D eigenvalue weighted by Gasteiger charge is 2.12. The van der Waals surface area contributed by atoms with Gasteiger partial charge in [-0.3, -0.25) is 0 Å². The Hall–Kier alpha value is -0.170. The Morgan fingerprint density at radius 2 is 2.10 bits per heavy atom. The number of rotatable bonds is 1. The van der Waals surface area contributed by atoms with Crippen LogP contribution in [0.4, 0.5) is 0 Å². The van der Waals surface area contributed by atoms with Crippen LogP contribution in [-0.2, 0) is 0 Å². The van der Waals surface area contributed by atoms with Crippen LogP contribution in [0.3, 0.4) is 0 Å². The summed E-state index contributed by atoms with van der Waals surface area (Å²) in [5.41, 5.74) is 0. The van der Waals surface area contributed by atoms with Crippen molar-refractivity contribution < 1.29 is 0 Å². The van der Waals surface area contributed by atoms with Gasteiger partial charge in [0, 0.05) is 9.65 Å². The first kappa shape index (κ1) is 7.93. The summed E-state index contributed by atoms with van der Waals surface area (Å²) < 4.78 is 0.362. The fraction of sp³-hybridized carbons (Fsp3) is 0.556. The number of hydrogen-bond acceptors (Lipinski definition) is 1. The summed E-state index contributed by atoms with van der Waals surface area (Å²) in [5.74, 6) is 0. The molecule has 56 valence electrons. The lowest BCUT2D eigenvalue weighted by Crippen LogP contribution is -2.06. The predicted octanol–water partition coefficient (Wildman–Crippen LogP) is 3.36. The van der Waals surface area contributed by atoms with E-state index >= 15 is 0 Å². The third-order valence-corrected chi connectivity index (χ3v) is 2.31. The number of allylic oxidation sites excluding steroid dienone is 3. The minimum atomic E-state index is 0.362.